The third-order valence-corrected chi connectivity index (χ3v) is 4.00. The van der Waals surface area contributed by atoms with E-state index in [0.29, 0.717) is 28.8 Å². The van der Waals surface area contributed by atoms with Crippen molar-refractivity contribution in [1.82, 2.24) is 24.6 Å². The fourth-order valence-corrected chi connectivity index (χ4v) is 2.89. The van der Waals surface area contributed by atoms with E-state index in [9.17, 15) is 4.79 Å². The average Bonchev–Trinajstić information content (AvgIpc) is 3.07. The summed E-state index contributed by atoms with van der Waals surface area (Å²) in [5.41, 5.74) is 0.669. The highest BCUT2D eigenvalue weighted by Gasteiger charge is 2.35. The van der Waals surface area contributed by atoms with E-state index in [1.54, 1.807) is 18.7 Å². The molecular weight excluding hydrogens is 266 g/mol. The van der Waals surface area contributed by atoms with Crippen molar-refractivity contribution in [1.29, 1.82) is 0 Å². The van der Waals surface area contributed by atoms with Gasteiger partial charge in [0.05, 0.1) is 5.69 Å². The Hall–Kier alpha value is -1.83. The maximum Gasteiger partial charge on any atom is 0.268 e. The molecule has 0 radical (unpaired) electrons. The zero-order chi connectivity index (χ0) is 13.4. The lowest BCUT2D eigenvalue weighted by Crippen LogP contribution is -2.30. The van der Waals surface area contributed by atoms with Crippen molar-refractivity contribution in [3.8, 4) is 0 Å². The Balaban J connectivity index is 1.88. The Labute approximate surface area is 113 Å². The lowest BCUT2D eigenvalue weighted by atomic mass is 10.2. The van der Waals surface area contributed by atoms with Gasteiger partial charge in [-0.2, -0.15) is 4.98 Å². The number of carbonyl (C=O) groups excluding carboxylic acids is 1. The maximum atomic E-state index is 12.5. The van der Waals surface area contributed by atoms with Crippen molar-refractivity contribution in [3.63, 3.8) is 0 Å². The van der Waals surface area contributed by atoms with Crippen LogP contribution in [0.15, 0.2) is 4.52 Å². The highest BCUT2D eigenvalue weighted by atomic mass is 32.1. The van der Waals surface area contributed by atoms with Crippen molar-refractivity contribution in [3.05, 3.63) is 22.3 Å². The molecule has 0 aromatic carbocycles. The van der Waals surface area contributed by atoms with E-state index in [4.69, 9.17) is 4.52 Å². The van der Waals surface area contributed by atoms with Gasteiger partial charge in [-0.05, 0) is 38.2 Å². The van der Waals surface area contributed by atoms with Crippen LogP contribution in [0.5, 0.6) is 0 Å². The molecule has 1 aliphatic heterocycles. The topological polar surface area (TPSA) is 85.0 Å². The Kier molecular flexibility index (Phi) is 3.02. The number of amides is 1. The number of rotatable bonds is 2. The molecule has 0 aliphatic carbocycles. The zero-order valence-electron chi connectivity index (χ0n) is 10.7. The van der Waals surface area contributed by atoms with Crippen LogP contribution in [0.2, 0.25) is 0 Å². The summed E-state index contributed by atoms with van der Waals surface area (Å²) in [6.45, 7) is 4.26. The smallest absolute Gasteiger partial charge is 0.268 e. The first-order chi connectivity index (χ1) is 9.16. The molecule has 3 rings (SSSR count). The molecule has 1 amide bonds. The van der Waals surface area contributed by atoms with Crippen molar-refractivity contribution >= 4 is 17.4 Å². The molecule has 1 aliphatic rings. The molecule has 1 unspecified atom stereocenters. The van der Waals surface area contributed by atoms with Crippen LogP contribution in [-0.2, 0) is 0 Å². The monoisotopic (exact) mass is 279 g/mol. The largest absolute Gasteiger partial charge is 0.337 e. The second-order valence-corrected chi connectivity index (χ2v) is 5.28. The number of nitrogens with zero attached hydrogens (tertiary/aromatic N) is 5. The van der Waals surface area contributed by atoms with E-state index in [1.165, 1.54) is 0 Å². The molecule has 1 saturated heterocycles. The van der Waals surface area contributed by atoms with Crippen LogP contribution in [0.3, 0.4) is 0 Å². The van der Waals surface area contributed by atoms with E-state index in [1.807, 2.05) is 0 Å². The van der Waals surface area contributed by atoms with Gasteiger partial charge in [0.1, 0.15) is 10.9 Å². The minimum Gasteiger partial charge on any atom is -0.337 e. The van der Waals surface area contributed by atoms with E-state index in [-0.39, 0.29) is 11.9 Å². The molecule has 1 atom stereocenters. The van der Waals surface area contributed by atoms with E-state index < -0.39 is 0 Å². The lowest BCUT2D eigenvalue weighted by molar-refractivity contribution is 0.0714. The molecule has 7 nitrogen and oxygen atoms in total. The van der Waals surface area contributed by atoms with Crippen molar-refractivity contribution < 1.29 is 9.32 Å². The predicted molar refractivity (Wildman–Crippen MR) is 66.7 cm³/mol. The van der Waals surface area contributed by atoms with Gasteiger partial charge in [-0.3, -0.25) is 4.79 Å². The van der Waals surface area contributed by atoms with Crippen LogP contribution in [0.25, 0.3) is 0 Å². The van der Waals surface area contributed by atoms with Crippen LogP contribution in [0.4, 0.5) is 0 Å². The van der Waals surface area contributed by atoms with Gasteiger partial charge in [0.25, 0.3) is 5.91 Å². The molecule has 0 spiro atoms. The first-order valence-electron chi connectivity index (χ1n) is 6.07. The zero-order valence-corrected chi connectivity index (χ0v) is 11.5. The third-order valence-electron chi connectivity index (χ3n) is 3.19. The average molecular weight is 279 g/mol. The van der Waals surface area contributed by atoms with Crippen LogP contribution >= 0.6 is 11.5 Å². The van der Waals surface area contributed by atoms with E-state index in [2.05, 4.69) is 19.7 Å². The number of hydrogen-bond acceptors (Lipinski definition) is 7. The number of hydrogen-bond donors (Lipinski definition) is 0. The van der Waals surface area contributed by atoms with Crippen molar-refractivity contribution in [2.45, 2.75) is 32.7 Å². The van der Waals surface area contributed by atoms with Gasteiger partial charge in [0.2, 0.25) is 5.89 Å². The van der Waals surface area contributed by atoms with Crippen molar-refractivity contribution in [2.24, 2.45) is 0 Å². The summed E-state index contributed by atoms with van der Waals surface area (Å²) in [7, 11) is 0. The Morgan fingerprint density at radius 2 is 2.32 bits per heavy atom. The van der Waals surface area contributed by atoms with Gasteiger partial charge >= 0.3 is 0 Å². The summed E-state index contributed by atoms with van der Waals surface area (Å²) in [5, 5.41) is 7.67. The minimum absolute atomic E-state index is 0.0501. The number of carbonyl (C=O) groups is 1. The quantitative estimate of drug-likeness (QED) is 0.828. The first-order valence-corrected chi connectivity index (χ1v) is 6.84. The van der Waals surface area contributed by atoms with Crippen molar-refractivity contribution in [2.75, 3.05) is 6.54 Å². The molecule has 0 bridgehead atoms. The highest BCUT2D eigenvalue weighted by Crippen LogP contribution is 2.32. The Bertz CT molecular complexity index is 608. The fourth-order valence-electron chi connectivity index (χ4n) is 2.27. The summed E-state index contributed by atoms with van der Waals surface area (Å²) >= 11 is 1.13. The van der Waals surface area contributed by atoms with Gasteiger partial charge < -0.3 is 9.42 Å². The molecule has 1 fully saturated rings. The molecule has 19 heavy (non-hydrogen) atoms. The molecule has 0 N–H and O–H groups in total. The molecule has 3 heterocycles. The predicted octanol–water partition coefficient (Wildman–Crippen LogP) is 1.52. The molecule has 2 aromatic rings. The Morgan fingerprint density at radius 3 is 2.95 bits per heavy atom. The number of aromatic nitrogens is 4. The number of likely N-dealkylation sites (tertiary alicyclic amines) is 1. The van der Waals surface area contributed by atoms with Crippen LogP contribution < -0.4 is 0 Å². The minimum atomic E-state index is -0.129. The van der Waals surface area contributed by atoms with E-state index in [0.717, 1.165) is 24.4 Å². The summed E-state index contributed by atoms with van der Waals surface area (Å²) in [5.74, 6) is 1.05. The summed E-state index contributed by atoms with van der Waals surface area (Å²) in [6.07, 6.45) is 1.78. The third kappa shape index (κ3) is 2.12. The second kappa shape index (κ2) is 4.69. The fraction of sp³-hybridized carbons (Fsp3) is 0.545. The van der Waals surface area contributed by atoms with Gasteiger partial charge in [0, 0.05) is 6.54 Å². The summed E-state index contributed by atoms with van der Waals surface area (Å²) in [6, 6.07) is -0.129. The molecule has 2 aromatic heterocycles. The summed E-state index contributed by atoms with van der Waals surface area (Å²) in [4.78, 5) is 19.1. The molecule has 100 valence electrons. The first kappa shape index (κ1) is 12.2. The normalized spacial score (nSPS) is 19.1. The maximum absolute atomic E-state index is 12.5. The highest BCUT2D eigenvalue weighted by molar-refractivity contribution is 7.07. The molecule has 8 heteroatoms. The number of aryl methyl sites for hydroxylation is 2. The summed E-state index contributed by atoms with van der Waals surface area (Å²) < 4.78 is 9.00. The SMILES string of the molecule is Cc1noc(C2CCCN2C(=O)c2snnc2C)n1. The van der Waals surface area contributed by atoms with Crippen LogP contribution in [-0.4, -0.2) is 37.1 Å². The lowest BCUT2D eigenvalue weighted by Gasteiger charge is -2.20. The Morgan fingerprint density at radius 1 is 1.47 bits per heavy atom. The molecular formula is C11H13N5O2S. The molecule has 0 saturated carbocycles. The van der Waals surface area contributed by atoms with Crippen LogP contribution in [0.1, 0.15) is 46.0 Å². The van der Waals surface area contributed by atoms with E-state index >= 15 is 0 Å². The van der Waals surface area contributed by atoms with Crippen LogP contribution in [0, 0.1) is 13.8 Å². The second-order valence-electron chi connectivity index (χ2n) is 4.52. The van der Waals surface area contributed by atoms with Gasteiger partial charge in [-0.25, -0.2) is 0 Å². The van der Waals surface area contributed by atoms with Gasteiger partial charge in [-0.1, -0.05) is 9.64 Å². The standard InChI is InChI=1S/C11H13N5O2S/c1-6-9(19-15-13-6)11(17)16-5-3-4-8(16)10-12-7(2)14-18-10/h8H,3-5H2,1-2H3. The van der Waals surface area contributed by atoms with Gasteiger partial charge in [-0.15, -0.1) is 5.10 Å². The van der Waals surface area contributed by atoms with Gasteiger partial charge in [0.15, 0.2) is 5.82 Å².